The van der Waals surface area contributed by atoms with E-state index in [9.17, 15) is 74.1 Å². The van der Waals surface area contributed by atoms with Gasteiger partial charge in [0, 0.05) is 86.1 Å². The monoisotopic (exact) mass is 1600 g/mol. The molecule has 9 atom stereocenters. The number of aliphatic carboxylic acids is 4. The number of aliphatic hydroxyl groups excluding tert-OH is 2. The number of ketones is 2. The number of amides is 2. The van der Waals surface area contributed by atoms with Gasteiger partial charge in [0.2, 0.25) is 24.0 Å². The van der Waals surface area contributed by atoms with Crippen LogP contribution >= 0.6 is 12.2 Å². The summed E-state index contributed by atoms with van der Waals surface area (Å²) in [7, 11) is 8.43. The van der Waals surface area contributed by atoms with Crippen LogP contribution in [0.4, 0.5) is 34.9 Å². The number of H-pyrrole nitrogens is 2. The number of aromatic nitrogens is 12. The Balaban J connectivity index is 0.000000160. The highest BCUT2D eigenvalue weighted by Gasteiger charge is 2.59. The van der Waals surface area contributed by atoms with Gasteiger partial charge in [0.05, 0.1) is 84.0 Å². The molecule has 4 aromatic carbocycles. The molecule has 0 radical (unpaired) electrons. The number of nitrogens with two attached hydrogens (primary N) is 4. The van der Waals surface area contributed by atoms with Gasteiger partial charge >= 0.3 is 23.9 Å². The van der Waals surface area contributed by atoms with Crippen molar-refractivity contribution in [3.63, 3.8) is 0 Å². The summed E-state index contributed by atoms with van der Waals surface area (Å²) in [5.74, 6) is -8.35. The molecule has 2 amide bonds. The number of carboxylic acid groups (broad SMARTS) is 4. The van der Waals surface area contributed by atoms with Crippen molar-refractivity contribution >= 4 is 128 Å². The lowest BCUT2D eigenvalue weighted by Crippen LogP contribution is -2.68. The number of carboxylic acids is 4. The van der Waals surface area contributed by atoms with Gasteiger partial charge in [0.1, 0.15) is 52.7 Å². The summed E-state index contributed by atoms with van der Waals surface area (Å²) in [4.78, 5) is 148. The highest BCUT2D eigenvalue weighted by Crippen LogP contribution is 2.54. The number of anilines is 6. The van der Waals surface area contributed by atoms with E-state index in [0.29, 0.717) is 62.6 Å². The number of carbonyl (C=O) groups excluding carboxylic acids is 4. The van der Waals surface area contributed by atoms with Crippen LogP contribution in [0.5, 0.6) is 17.2 Å². The van der Waals surface area contributed by atoms with Crippen LogP contribution in [0.25, 0.3) is 33.5 Å². The Hall–Kier alpha value is -13.4. The van der Waals surface area contributed by atoms with Gasteiger partial charge in [0.15, 0.2) is 50.0 Å². The summed E-state index contributed by atoms with van der Waals surface area (Å²) in [6, 6.07) is 12.2. The first-order valence-corrected chi connectivity index (χ1v) is 35.4. The molecule has 1 saturated heterocycles. The number of rotatable bonds is 20. The number of fused-ring (bicyclic) bond motifs is 11. The fraction of sp³-hybridized carbons (Fsp3) is 0.329. The zero-order valence-electron chi connectivity index (χ0n) is 62.3. The number of hydrogen-bond donors (Lipinski definition) is 17. The molecular weight excluding hydrogens is 1520 g/mol. The predicted molar refractivity (Wildman–Crippen MR) is 410 cm³/mol. The van der Waals surface area contributed by atoms with E-state index < -0.39 is 113 Å². The van der Waals surface area contributed by atoms with Crippen molar-refractivity contribution in [2.24, 2.45) is 0 Å². The quantitative estimate of drug-likeness (QED) is 0.0487. The number of nitrogens with one attached hydrogen (secondary N) is 4. The van der Waals surface area contributed by atoms with E-state index in [1.807, 2.05) is 23.9 Å². The Labute approximate surface area is 655 Å². The third-order valence-corrected chi connectivity index (χ3v) is 19.6. The molecule has 6 aromatic heterocycles. The third kappa shape index (κ3) is 17.6. The first kappa shape index (κ1) is 82.6. The second-order valence-electron chi connectivity index (χ2n) is 27.8. The first-order chi connectivity index (χ1) is 54.4. The SMILES string of the molecule is CN(Cc1cnc2nc(N)nc(N)c2n1)c1ccc(C(=O)N[C@@H](CCC(=O)O)C(=O)O)cc1.CN(Cc1cnc2nc(N)nc(N)c2n1)c1ccc(C(=O)N[C@@H](CCC(=O)O)C(=O)O)cc1.CO[C@@H]1C[C@](C)(O)Cc2cc3c(c(O)c21)C(=O)c1c(O)cc2c(c1C3=O)O[C@@H]1O[C@@]2(C)[C@H](O)[C@@H](N(C)C)[C@@H]1O.S=c1nc[nH]c2nc[nH]c12. The Bertz CT molecular complexity index is 5370. The van der Waals surface area contributed by atoms with Gasteiger partial charge < -0.3 is 118 Å². The number of aliphatic hydroxyl groups is 3. The second-order valence-corrected chi connectivity index (χ2v) is 28.2. The summed E-state index contributed by atoms with van der Waals surface area (Å²) < 4.78 is 18.0. The van der Waals surface area contributed by atoms with Crippen molar-refractivity contribution in [3.05, 3.63) is 152 Å². The van der Waals surface area contributed by atoms with Crippen LogP contribution in [-0.4, -0.2) is 235 Å². The molecule has 21 N–H and O–H groups in total. The van der Waals surface area contributed by atoms with Crippen molar-refractivity contribution in [1.82, 2.24) is 75.3 Å². The number of phenols is 2. The highest BCUT2D eigenvalue weighted by molar-refractivity contribution is 7.71. The molecule has 602 valence electrons. The molecule has 14 rings (SSSR count). The zero-order chi connectivity index (χ0) is 83.6. The minimum Gasteiger partial charge on any atom is -0.507 e. The van der Waals surface area contributed by atoms with Crippen LogP contribution in [0, 0.1) is 4.64 Å². The molecule has 1 fully saturated rings. The maximum atomic E-state index is 14.1. The number of aromatic hydroxyl groups is 2. The van der Waals surface area contributed by atoms with Gasteiger partial charge in [-0.05, 0) is 107 Å². The van der Waals surface area contributed by atoms with Crippen molar-refractivity contribution in [1.29, 1.82) is 0 Å². The van der Waals surface area contributed by atoms with Gasteiger partial charge in [-0.25, -0.2) is 39.5 Å². The number of ether oxygens (including phenoxy) is 3. The molecule has 0 unspecified atom stereocenters. The van der Waals surface area contributed by atoms with Gasteiger partial charge in [-0.15, -0.1) is 0 Å². The molecule has 2 aliphatic carbocycles. The van der Waals surface area contributed by atoms with Crippen molar-refractivity contribution < 1.29 is 98.5 Å². The number of nitrogen functional groups attached to an aromatic ring is 4. The van der Waals surface area contributed by atoms with Crippen LogP contribution in [0.1, 0.15) is 133 Å². The van der Waals surface area contributed by atoms with E-state index in [1.54, 1.807) is 75.8 Å². The molecule has 4 aliphatic rings. The number of benzene rings is 4. The lowest BCUT2D eigenvalue weighted by molar-refractivity contribution is -0.311. The fourth-order valence-electron chi connectivity index (χ4n) is 13.6. The van der Waals surface area contributed by atoms with Crippen molar-refractivity contribution in [2.75, 3.05) is 68.0 Å². The molecule has 115 heavy (non-hydrogen) atoms. The number of nitrogens with zero attached hydrogens (tertiary/aromatic N) is 13. The molecule has 2 bridgehead atoms. The van der Waals surface area contributed by atoms with E-state index >= 15 is 0 Å². The molecule has 0 saturated carbocycles. The van der Waals surface area contributed by atoms with Crippen LogP contribution in [-0.2, 0) is 53.8 Å². The van der Waals surface area contributed by atoms with E-state index in [4.69, 9.17) is 59.6 Å². The number of imidazole rings is 1. The average Bonchev–Trinajstić information content (AvgIpc) is 0.853. The van der Waals surface area contributed by atoms with Crippen molar-refractivity contribution in [3.8, 4) is 17.2 Å². The van der Waals surface area contributed by atoms with E-state index in [0.717, 1.165) is 22.5 Å². The highest BCUT2D eigenvalue weighted by atomic mass is 32.1. The number of methoxy groups -OCH3 is 1. The number of likely N-dealkylation sites (N-methyl/N-ethyl adjacent to an activating group) is 1. The van der Waals surface area contributed by atoms with E-state index in [2.05, 4.69) is 70.4 Å². The topological polar surface area (TPSA) is 645 Å². The summed E-state index contributed by atoms with van der Waals surface area (Å²) in [6.45, 7) is 3.93. The average molecular weight is 1600 g/mol. The number of carbonyl (C=O) groups is 8. The Kier molecular flexibility index (Phi) is 24.1. The number of hydrogen-bond acceptors (Lipinski definition) is 34. The predicted octanol–water partition coefficient (Wildman–Crippen LogP) is 2.43. The van der Waals surface area contributed by atoms with Crippen molar-refractivity contribution in [2.45, 2.75) is 119 Å². The number of phenolic OH excluding ortho intramolecular Hbond substituents is 2. The smallest absolute Gasteiger partial charge is 0.326 e. The lowest BCUT2D eigenvalue weighted by atomic mass is 9.72. The van der Waals surface area contributed by atoms with Gasteiger partial charge in [-0.1, -0.05) is 12.2 Å². The molecule has 2 aliphatic heterocycles. The summed E-state index contributed by atoms with van der Waals surface area (Å²) >= 11 is 4.91. The zero-order valence-corrected chi connectivity index (χ0v) is 63.1. The minimum absolute atomic E-state index is 0.0138. The maximum absolute atomic E-state index is 14.1. The summed E-state index contributed by atoms with van der Waals surface area (Å²) in [6.07, 6.45) is 0.753. The standard InChI is InChI=1S/C28H31NO10.2C20H22N8O5.C5H4N4S/c1-27(36)8-10-6-11-16(21(32)15(10)14(9-27)37-5)22(33)17-13(30)7-12-24(18(17)20(11)31)38-26-23(34)19(29(3)4)25(35)28(12,2)39-26;2*1-28(9-11-8-23-17-15(24-11)16(21)26-20(22)27-17)12-4-2-10(3-5-12)18(31)25-13(19(32)33)6-7-14(29)30;10-5-3-4(7-1-6-3)8-2-9-5/h6-7,14,19,23,25-26,30,32,34-36H,8-9H2,1-5H3;2*2-5,8,13H,6-7,9H2,1H3,(H,25,31)(H,29,30)(H,32,33)(H4,21,22,23,26,27);1-2H,(H2,6,7,8,9,10)/t14-,19+,23+,25-,26-,27-,28-;2*13-;/m100./s1. The maximum Gasteiger partial charge on any atom is 0.326 e. The third-order valence-electron chi connectivity index (χ3n) is 19.3. The fourth-order valence-corrected chi connectivity index (χ4v) is 13.8. The largest absolute Gasteiger partial charge is 0.507 e. The van der Waals surface area contributed by atoms with E-state index in [-0.39, 0.29) is 107 Å². The number of aromatic amines is 2. The van der Waals surface area contributed by atoms with Crippen LogP contribution in [0.2, 0.25) is 0 Å². The van der Waals surface area contributed by atoms with Crippen LogP contribution < -0.4 is 48.1 Å². The Morgan fingerprint density at radius 3 is 1.65 bits per heavy atom. The first-order valence-electron chi connectivity index (χ1n) is 35.0. The normalized spacial score (nSPS) is 19.3. The Morgan fingerprint density at radius 1 is 0.678 bits per heavy atom. The summed E-state index contributed by atoms with van der Waals surface area (Å²) in [5.41, 5.74) is 26.1. The second kappa shape index (κ2) is 33.5. The summed E-state index contributed by atoms with van der Waals surface area (Å²) in [5, 5.41) is 95.9. The molecular formula is C73H79N21O20S. The van der Waals surface area contributed by atoms with Gasteiger partial charge in [-0.2, -0.15) is 19.9 Å². The molecule has 41 nitrogen and oxygen atoms in total. The minimum atomic E-state index is -1.50. The molecule has 0 spiro atoms. The van der Waals surface area contributed by atoms with Crippen LogP contribution in [0.15, 0.2) is 85.7 Å². The molecule has 42 heteroatoms. The molecule has 8 heterocycles. The molecule has 10 aromatic rings. The van der Waals surface area contributed by atoms with Crippen LogP contribution in [0.3, 0.4) is 0 Å². The lowest BCUT2D eigenvalue weighted by Gasteiger charge is -2.53. The Morgan fingerprint density at radius 2 is 1.18 bits per heavy atom. The van der Waals surface area contributed by atoms with E-state index in [1.165, 1.54) is 49.8 Å². The van der Waals surface area contributed by atoms with Gasteiger partial charge in [-0.3, -0.25) is 28.8 Å². The van der Waals surface area contributed by atoms with Gasteiger partial charge in [0.25, 0.3) is 11.8 Å².